The van der Waals surface area contributed by atoms with Crippen molar-refractivity contribution in [2.45, 2.75) is 25.3 Å². The summed E-state index contributed by atoms with van der Waals surface area (Å²) in [6.45, 7) is 3.69. The van der Waals surface area contributed by atoms with E-state index in [1.807, 2.05) is 18.2 Å². The first-order valence-corrected chi connectivity index (χ1v) is 6.42. The fourth-order valence-electron chi connectivity index (χ4n) is 1.71. The molecule has 1 aromatic heterocycles. The molecule has 0 bridgehead atoms. The van der Waals surface area contributed by atoms with Crippen LogP contribution < -0.4 is 5.32 Å². The zero-order valence-corrected chi connectivity index (χ0v) is 10.7. The summed E-state index contributed by atoms with van der Waals surface area (Å²) in [5.41, 5.74) is 2.10. The Kier molecular flexibility index (Phi) is 4.35. The third-order valence-corrected chi connectivity index (χ3v) is 3.23. The molecule has 0 amide bonds. The molecule has 90 valence electrons. The third-order valence-electron chi connectivity index (χ3n) is 2.77. The number of halogens is 1. The third kappa shape index (κ3) is 3.42. The molecule has 0 aliphatic carbocycles. The second kappa shape index (κ2) is 5.99. The molecule has 0 saturated heterocycles. The zero-order chi connectivity index (χ0) is 12.1. The molecular formula is C14H17ClN2. The van der Waals surface area contributed by atoms with E-state index in [0.29, 0.717) is 0 Å². The van der Waals surface area contributed by atoms with Crippen molar-refractivity contribution >= 4 is 22.5 Å². The fraction of sp³-hybridized carbons (Fsp3) is 0.357. The lowest BCUT2D eigenvalue weighted by atomic mass is 10.2. The number of pyridine rings is 1. The van der Waals surface area contributed by atoms with Gasteiger partial charge in [-0.05, 0) is 18.6 Å². The molecule has 0 fully saturated rings. The van der Waals surface area contributed by atoms with E-state index in [4.69, 9.17) is 11.6 Å². The number of aromatic nitrogens is 1. The Bertz CT molecular complexity index is 484. The SMILES string of the molecule is CCC(Cl)CNCc1ccc2ccccc2n1. The van der Waals surface area contributed by atoms with Gasteiger partial charge in [-0.1, -0.05) is 31.2 Å². The van der Waals surface area contributed by atoms with Gasteiger partial charge < -0.3 is 5.32 Å². The Morgan fingerprint density at radius 3 is 2.88 bits per heavy atom. The van der Waals surface area contributed by atoms with E-state index >= 15 is 0 Å². The van der Waals surface area contributed by atoms with Crippen molar-refractivity contribution in [3.8, 4) is 0 Å². The van der Waals surface area contributed by atoms with Crippen LogP contribution in [-0.4, -0.2) is 16.9 Å². The molecule has 1 unspecified atom stereocenters. The molecule has 1 heterocycles. The van der Waals surface area contributed by atoms with Gasteiger partial charge in [0.25, 0.3) is 0 Å². The summed E-state index contributed by atoms with van der Waals surface area (Å²) in [6.07, 6.45) is 0.986. The minimum atomic E-state index is 0.204. The molecule has 2 aromatic rings. The smallest absolute Gasteiger partial charge is 0.0705 e. The molecule has 0 aliphatic rings. The van der Waals surface area contributed by atoms with Gasteiger partial charge in [-0.25, -0.2) is 0 Å². The van der Waals surface area contributed by atoms with E-state index in [-0.39, 0.29) is 5.38 Å². The first-order chi connectivity index (χ1) is 8.29. The van der Waals surface area contributed by atoms with Crippen molar-refractivity contribution in [2.24, 2.45) is 0 Å². The number of para-hydroxylation sites is 1. The van der Waals surface area contributed by atoms with Crippen LogP contribution in [0.1, 0.15) is 19.0 Å². The lowest BCUT2D eigenvalue weighted by Gasteiger charge is -2.08. The summed E-state index contributed by atoms with van der Waals surface area (Å²) in [7, 11) is 0. The first-order valence-electron chi connectivity index (χ1n) is 5.99. The zero-order valence-electron chi connectivity index (χ0n) is 9.99. The number of nitrogens with zero attached hydrogens (tertiary/aromatic N) is 1. The molecule has 3 heteroatoms. The average Bonchev–Trinajstić information content (AvgIpc) is 2.38. The lowest BCUT2D eigenvalue weighted by molar-refractivity contribution is 0.640. The maximum Gasteiger partial charge on any atom is 0.0705 e. The van der Waals surface area contributed by atoms with Crippen LogP contribution in [0.5, 0.6) is 0 Å². The number of nitrogens with one attached hydrogen (secondary N) is 1. The van der Waals surface area contributed by atoms with E-state index in [2.05, 4.69) is 35.4 Å². The molecule has 2 nitrogen and oxygen atoms in total. The highest BCUT2D eigenvalue weighted by Gasteiger charge is 2.01. The van der Waals surface area contributed by atoms with Crippen LogP contribution in [0.4, 0.5) is 0 Å². The second-order valence-electron chi connectivity index (χ2n) is 4.13. The summed E-state index contributed by atoms with van der Waals surface area (Å²) in [6, 6.07) is 12.3. The van der Waals surface area contributed by atoms with Gasteiger partial charge in [-0.15, -0.1) is 11.6 Å². The Balaban J connectivity index is 1.99. The van der Waals surface area contributed by atoms with E-state index in [9.17, 15) is 0 Å². The molecule has 0 radical (unpaired) electrons. The summed E-state index contributed by atoms with van der Waals surface area (Å²) in [4.78, 5) is 4.59. The van der Waals surface area contributed by atoms with Crippen LogP contribution in [-0.2, 0) is 6.54 Å². The highest BCUT2D eigenvalue weighted by molar-refractivity contribution is 6.20. The van der Waals surface area contributed by atoms with E-state index in [1.165, 1.54) is 5.39 Å². The second-order valence-corrected chi connectivity index (χ2v) is 4.75. The van der Waals surface area contributed by atoms with Crippen molar-refractivity contribution < 1.29 is 0 Å². The maximum absolute atomic E-state index is 6.04. The molecule has 0 spiro atoms. The van der Waals surface area contributed by atoms with Crippen LogP contribution >= 0.6 is 11.6 Å². The van der Waals surface area contributed by atoms with Gasteiger partial charge in [-0.3, -0.25) is 4.98 Å². The van der Waals surface area contributed by atoms with Crippen LogP contribution in [0.15, 0.2) is 36.4 Å². The van der Waals surface area contributed by atoms with Gasteiger partial charge in [0.1, 0.15) is 0 Å². The molecule has 0 saturated carbocycles. The number of alkyl halides is 1. The topological polar surface area (TPSA) is 24.9 Å². The quantitative estimate of drug-likeness (QED) is 0.821. The number of benzene rings is 1. The van der Waals surface area contributed by atoms with Crippen molar-refractivity contribution in [1.82, 2.24) is 10.3 Å². The van der Waals surface area contributed by atoms with Crippen molar-refractivity contribution in [3.63, 3.8) is 0 Å². The Morgan fingerprint density at radius 1 is 1.24 bits per heavy atom. The standard InChI is InChI=1S/C14H17ClN2/c1-2-12(15)9-16-10-13-8-7-11-5-3-4-6-14(11)17-13/h3-8,12,16H,2,9-10H2,1H3. The molecule has 17 heavy (non-hydrogen) atoms. The predicted octanol–water partition coefficient (Wildman–Crippen LogP) is 3.34. The molecule has 1 N–H and O–H groups in total. The molecular weight excluding hydrogens is 232 g/mol. The summed E-state index contributed by atoms with van der Waals surface area (Å²) in [5, 5.41) is 4.71. The average molecular weight is 249 g/mol. The van der Waals surface area contributed by atoms with Crippen molar-refractivity contribution in [2.75, 3.05) is 6.54 Å². The summed E-state index contributed by atoms with van der Waals surface area (Å²) < 4.78 is 0. The highest BCUT2D eigenvalue weighted by atomic mass is 35.5. The van der Waals surface area contributed by atoms with Gasteiger partial charge in [0.2, 0.25) is 0 Å². The highest BCUT2D eigenvalue weighted by Crippen LogP contribution is 2.11. The van der Waals surface area contributed by atoms with Crippen molar-refractivity contribution in [3.05, 3.63) is 42.1 Å². The van der Waals surface area contributed by atoms with Crippen LogP contribution in [0.3, 0.4) is 0 Å². The van der Waals surface area contributed by atoms with Gasteiger partial charge in [0.15, 0.2) is 0 Å². The molecule has 2 rings (SSSR count). The van der Waals surface area contributed by atoms with Crippen molar-refractivity contribution in [1.29, 1.82) is 0 Å². The normalized spacial score (nSPS) is 12.8. The van der Waals surface area contributed by atoms with Gasteiger partial charge in [-0.2, -0.15) is 0 Å². The number of hydrogen-bond donors (Lipinski definition) is 1. The molecule has 0 aliphatic heterocycles. The van der Waals surface area contributed by atoms with Gasteiger partial charge >= 0.3 is 0 Å². The monoisotopic (exact) mass is 248 g/mol. The minimum absolute atomic E-state index is 0.204. The number of rotatable bonds is 5. The van der Waals surface area contributed by atoms with Gasteiger partial charge in [0, 0.05) is 23.9 Å². The predicted molar refractivity (Wildman–Crippen MR) is 73.4 cm³/mol. The van der Waals surface area contributed by atoms with E-state index < -0.39 is 0 Å². The molecule has 1 atom stereocenters. The Hall–Kier alpha value is -1.12. The number of fused-ring (bicyclic) bond motifs is 1. The van der Waals surface area contributed by atoms with E-state index in [1.54, 1.807) is 0 Å². The summed E-state index contributed by atoms with van der Waals surface area (Å²) >= 11 is 6.04. The van der Waals surface area contributed by atoms with Crippen LogP contribution in [0.2, 0.25) is 0 Å². The first kappa shape index (κ1) is 12.3. The minimum Gasteiger partial charge on any atom is -0.310 e. The largest absolute Gasteiger partial charge is 0.310 e. The fourth-order valence-corrected chi connectivity index (χ4v) is 1.82. The van der Waals surface area contributed by atoms with Crippen LogP contribution in [0, 0.1) is 0 Å². The maximum atomic E-state index is 6.04. The summed E-state index contributed by atoms with van der Waals surface area (Å²) in [5.74, 6) is 0. The van der Waals surface area contributed by atoms with Crippen LogP contribution in [0.25, 0.3) is 10.9 Å². The molecule has 1 aromatic carbocycles. The Morgan fingerprint density at radius 2 is 2.06 bits per heavy atom. The van der Waals surface area contributed by atoms with Gasteiger partial charge in [0.05, 0.1) is 11.2 Å². The van der Waals surface area contributed by atoms with E-state index in [0.717, 1.165) is 30.7 Å². The number of hydrogen-bond acceptors (Lipinski definition) is 2. The lowest BCUT2D eigenvalue weighted by Crippen LogP contribution is -2.22. The Labute approximate surface area is 107 Å².